The van der Waals surface area contributed by atoms with Crippen molar-refractivity contribution in [2.45, 2.75) is 58.2 Å². The number of hydrogen-bond acceptors (Lipinski definition) is 3. The molecule has 0 saturated carbocycles. The molecular formula is C13H24N2O4. The summed E-state index contributed by atoms with van der Waals surface area (Å²) in [6.07, 6.45) is 1.94. The van der Waals surface area contributed by atoms with Gasteiger partial charge in [0.2, 0.25) is 0 Å². The van der Waals surface area contributed by atoms with Crippen molar-refractivity contribution >= 4 is 12.0 Å². The van der Waals surface area contributed by atoms with E-state index >= 15 is 0 Å². The Morgan fingerprint density at radius 1 is 1.47 bits per heavy atom. The zero-order chi connectivity index (χ0) is 14.4. The number of carbonyl (C=O) groups is 2. The van der Waals surface area contributed by atoms with Crippen molar-refractivity contribution in [3.05, 3.63) is 0 Å². The average molecular weight is 272 g/mol. The van der Waals surface area contributed by atoms with E-state index in [1.54, 1.807) is 4.90 Å². The second kappa shape index (κ2) is 7.33. The fourth-order valence-electron chi connectivity index (χ4n) is 2.21. The second-order valence-corrected chi connectivity index (χ2v) is 4.99. The summed E-state index contributed by atoms with van der Waals surface area (Å²) >= 11 is 0. The van der Waals surface area contributed by atoms with Gasteiger partial charge >= 0.3 is 12.0 Å². The first kappa shape index (κ1) is 15.8. The normalized spacial score (nSPS) is 24.9. The number of nitrogens with zero attached hydrogens (tertiary/aromatic N) is 1. The first-order valence-electron chi connectivity index (χ1n) is 6.91. The number of amides is 2. The summed E-state index contributed by atoms with van der Waals surface area (Å²) in [4.78, 5) is 25.0. The highest BCUT2D eigenvalue weighted by Crippen LogP contribution is 2.15. The Kier molecular flexibility index (Phi) is 6.08. The lowest BCUT2D eigenvalue weighted by atomic mass is 10.1. The molecule has 6 nitrogen and oxygen atoms in total. The first-order chi connectivity index (χ1) is 8.99. The molecule has 0 bridgehead atoms. The van der Waals surface area contributed by atoms with Gasteiger partial charge in [0.1, 0.15) is 6.04 Å². The smallest absolute Gasteiger partial charge is 0.326 e. The fraction of sp³-hybridized carbons (Fsp3) is 0.846. The molecule has 0 aromatic rings. The number of urea groups is 1. The van der Waals surface area contributed by atoms with Gasteiger partial charge in [0, 0.05) is 6.54 Å². The number of carboxylic acids is 1. The molecule has 3 atom stereocenters. The highest BCUT2D eigenvalue weighted by atomic mass is 16.5. The molecule has 1 aliphatic rings. The number of morpholine rings is 1. The first-order valence-corrected chi connectivity index (χ1v) is 6.91. The average Bonchev–Trinajstić information content (AvgIpc) is 2.37. The topological polar surface area (TPSA) is 78.9 Å². The summed E-state index contributed by atoms with van der Waals surface area (Å²) in [7, 11) is 0. The second-order valence-electron chi connectivity index (χ2n) is 4.99. The summed E-state index contributed by atoms with van der Waals surface area (Å²) in [6, 6.07) is -1.09. The number of ether oxygens (including phenoxy) is 1. The summed E-state index contributed by atoms with van der Waals surface area (Å²) in [5.41, 5.74) is 0. The molecule has 0 aromatic heterocycles. The van der Waals surface area contributed by atoms with Gasteiger partial charge in [0.05, 0.1) is 18.8 Å². The number of hydrogen-bond donors (Lipinski definition) is 2. The minimum absolute atomic E-state index is 0.0111. The van der Waals surface area contributed by atoms with Crippen molar-refractivity contribution < 1.29 is 19.4 Å². The van der Waals surface area contributed by atoms with Gasteiger partial charge in [-0.3, -0.25) is 0 Å². The summed E-state index contributed by atoms with van der Waals surface area (Å²) in [5, 5.41) is 11.7. The van der Waals surface area contributed by atoms with Crippen LogP contribution in [-0.4, -0.2) is 53.3 Å². The van der Waals surface area contributed by atoms with Gasteiger partial charge in [-0.05, 0) is 19.8 Å². The maximum absolute atomic E-state index is 12.2. The Labute approximate surface area is 114 Å². The van der Waals surface area contributed by atoms with Gasteiger partial charge in [0.15, 0.2) is 0 Å². The minimum atomic E-state index is -0.982. The van der Waals surface area contributed by atoms with E-state index in [1.807, 2.05) is 20.8 Å². The quantitative estimate of drug-likeness (QED) is 0.794. The van der Waals surface area contributed by atoms with E-state index < -0.39 is 12.0 Å². The third-order valence-corrected chi connectivity index (χ3v) is 3.37. The van der Waals surface area contributed by atoms with Crippen LogP contribution in [0.15, 0.2) is 0 Å². The minimum Gasteiger partial charge on any atom is -0.480 e. The van der Waals surface area contributed by atoms with Gasteiger partial charge in [-0.15, -0.1) is 0 Å². The van der Waals surface area contributed by atoms with Crippen LogP contribution in [0.1, 0.15) is 40.0 Å². The zero-order valence-corrected chi connectivity index (χ0v) is 11.9. The van der Waals surface area contributed by atoms with Crippen LogP contribution in [0, 0.1) is 0 Å². The monoisotopic (exact) mass is 272 g/mol. The maximum Gasteiger partial charge on any atom is 0.326 e. The molecule has 2 amide bonds. The predicted octanol–water partition coefficient (Wildman–Crippen LogP) is 1.45. The Bertz CT molecular complexity index is 322. The maximum atomic E-state index is 12.2. The van der Waals surface area contributed by atoms with Crippen molar-refractivity contribution in [1.29, 1.82) is 0 Å². The van der Waals surface area contributed by atoms with Gasteiger partial charge < -0.3 is 20.1 Å². The van der Waals surface area contributed by atoms with Crippen LogP contribution in [0.4, 0.5) is 4.79 Å². The van der Waals surface area contributed by atoms with Crippen LogP contribution in [0.5, 0.6) is 0 Å². The number of nitrogens with one attached hydrogen (secondary N) is 1. The molecular weight excluding hydrogens is 248 g/mol. The Morgan fingerprint density at radius 3 is 2.68 bits per heavy atom. The molecule has 1 aliphatic heterocycles. The number of aliphatic carboxylic acids is 1. The zero-order valence-electron chi connectivity index (χ0n) is 11.9. The highest BCUT2D eigenvalue weighted by molar-refractivity contribution is 5.82. The van der Waals surface area contributed by atoms with Crippen molar-refractivity contribution in [3.8, 4) is 0 Å². The Balaban J connectivity index is 2.65. The van der Waals surface area contributed by atoms with E-state index in [1.165, 1.54) is 0 Å². The van der Waals surface area contributed by atoms with Crippen LogP contribution in [0.2, 0.25) is 0 Å². The molecule has 6 heteroatoms. The van der Waals surface area contributed by atoms with Crippen molar-refractivity contribution in [1.82, 2.24) is 10.2 Å². The predicted molar refractivity (Wildman–Crippen MR) is 71.1 cm³/mol. The molecule has 0 radical (unpaired) electrons. The molecule has 1 rings (SSSR count). The third kappa shape index (κ3) is 4.38. The molecule has 0 aliphatic carbocycles. The van der Waals surface area contributed by atoms with E-state index in [0.29, 0.717) is 26.0 Å². The number of carbonyl (C=O) groups excluding carboxylic acids is 1. The van der Waals surface area contributed by atoms with Crippen molar-refractivity contribution in [2.75, 3.05) is 13.2 Å². The Hall–Kier alpha value is -1.30. The lowest BCUT2D eigenvalue weighted by Gasteiger charge is -2.38. The summed E-state index contributed by atoms with van der Waals surface area (Å²) in [5.74, 6) is -0.982. The van der Waals surface area contributed by atoms with Gasteiger partial charge in [0.25, 0.3) is 0 Å². The largest absolute Gasteiger partial charge is 0.480 e. The van der Waals surface area contributed by atoms with E-state index in [4.69, 9.17) is 9.84 Å². The van der Waals surface area contributed by atoms with Crippen LogP contribution in [-0.2, 0) is 9.53 Å². The standard InChI is InChI=1S/C13H24N2O4/c1-4-6-11(12(16)17)14-13(18)15-7-9(3)19-8-10(15)5-2/h9-11H,4-8H2,1-3H3,(H,14,18)(H,16,17)/t9?,10?,11-/m0/s1. The summed E-state index contributed by atoms with van der Waals surface area (Å²) in [6.45, 7) is 6.81. The third-order valence-electron chi connectivity index (χ3n) is 3.37. The lowest BCUT2D eigenvalue weighted by molar-refractivity contribution is -0.139. The van der Waals surface area contributed by atoms with E-state index in [9.17, 15) is 9.59 Å². The van der Waals surface area contributed by atoms with Crippen molar-refractivity contribution in [2.24, 2.45) is 0 Å². The van der Waals surface area contributed by atoms with Gasteiger partial charge in [-0.25, -0.2) is 9.59 Å². The molecule has 2 N–H and O–H groups in total. The molecule has 19 heavy (non-hydrogen) atoms. The molecule has 2 unspecified atom stereocenters. The number of carboxylic acid groups (broad SMARTS) is 1. The lowest BCUT2D eigenvalue weighted by Crippen LogP contribution is -2.57. The van der Waals surface area contributed by atoms with Crippen LogP contribution >= 0.6 is 0 Å². The van der Waals surface area contributed by atoms with Crippen LogP contribution in [0.3, 0.4) is 0 Å². The molecule has 1 fully saturated rings. The molecule has 1 heterocycles. The van der Waals surface area contributed by atoms with E-state index in [2.05, 4.69) is 5.32 Å². The number of rotatable bonds is 5. The summed E-state index contributed by atoms with van der Waals surface area (Å²) < 4.78 is 5.52. The molecule has 0 aromatic carbocycles. The van der Waals surface area contributed by atoms with Crippen LogP contribution in [0.25, 0.3) is 0 Å². The molecule has 1 saturated heterocycles. The van der Waals surface area contributed by atoms with Crippen LogP contribution < -0.4 is 5.32 Å². The van der Waals surface area contributed by atoms with Gasteiger partial charge in [-0.1, -0.05) is 20.3 Å². The highest BCUT2D eigenvalue weighted by Gasteiger charge is 2.31. The van der Waals surface area contributed by atoms with Crippen molar-refractivity contribution in [3.63, 3.8) is 0 Å². The molecule has 0 spiro atoms. The van der Waals surface area contributed by atoms with E-state index in [0.717, 1.165) is 6.42 Å². The Morgan fingerprint density at radius 2 is 2.16 bits per heavy atom. The molecule has 110 valence electrons. The SMILES string of the molecule is CCC[C@H](NC(=O)N1CC(C)OCC1CC)C(=O)O. The van der Waals surface area contributed by atoms with E-state index in [-0.39, 0.29) is 18.2 Å². The fourth-order valence-corrected chi connectivity index (χ4v) is 2.21. The van der Waals surface area contributed by atoms with Gasteiger partial charge in [-0.2, -0.15) is 0 Å².